The summed E-state index contributed by atoms with van der Waals surface area (Å²) in [7, 11) is 1.93. The molecular weight excluding hydrogens is 220 g/mol. The number of aromatic nitrogens is 3. The van der Waals surface area contributed by atoms with E-state index < -0.39 is 0 Å². The highest BCUT2D eigenvalue weighted by Crippen LogP contribution is 2.13. The van der Waals surface area contributed by atoms with Gasteiger partial charge in [0.2, 0.25) is 0 Å². The number of hydrogen-bond acceptors (Lipinski definition) is 4. The number of nitrogens with one attached hydrogen (secondary N) is 1. The molecule has 4 nitrogen and oxygen atoms in total. The summed E-state index contributed by atoms with van der Waals surface area (Å²) in [6.07, 6.45) is 3.93. The molecule has 0 aromatic carbocycles. The first-order valence-electron chi connectivity index (χ1n) is 5.28. The predicted molar refractivity (Wildman–Crippen MR) is 65.3 cm³/mol. The highest BCUT2D eigenvalue weighted by Gasteiger charge is 2.07. The van der Waals surface area contributed by atoms with Crippen LogP contribution in [0, 0.1) is 6.92 Å². The third-order valence-electron chi connectivity index (χ3n) is 2.45. The lowest BCUT2D eigenvalue weighted by Crippen LogP contribution is -2.17. The first-order valence-corrected chi connectivity index (χ1v) is 6.16. The molecule has 0 amide bonds. The molecule has 0 spiro atoms. The molecule has 0 fully saturated rings. The van der Waals surface area contributed by atoms with Crippen molar-refractivity contribution in [2.24, 2.45) is 7.05 Å². The Morgan fingerprint density at radius 1 is 1.56 bits per heavy atom. The van der Waals surface area contributed by atoms with E-state index in [9.17, 15) is 0 Å². The van der Waals surface area contributed by atoms with Crippen molar-refractivity contribution in [3.63, 3.8) is 0 Å². The van der Waals surface area contributed by atoms with Gasteiger partial charge in [-0.05, 0) is 13.8 Å². The molecule has 16 heavy (non-hydrogen) atoms. The van der Waals surface area contributed by atoms with Gasteiger partial charge in [-0.1, -0.05) is 0 Å². The molecule has 1 N–H and O–H groups in total. The van der Waals surface area contributed by atoms with Gasteiger partial charge >= 0.3 is 0 Å². The minimum atomic E-state index is 0.304. The van der Waals surface area contributed by atoms with Crippen LogP contribution in [0.2, 0.25) is 0 Å². The van der Waals surface area contributed by atoms with Gasteiger partial charge in [-0.15, -0.1) is 11.3 Å². The Morgan fingerprint density at radius 3 is 2.94 bits per heavy atom. The lowest BCUT2D eigenvalue weighted by Gasteiger charge is -2.09. The first-order chi connectivity index (χ1) is 7.65. The summed E-state index contributed by atoms with van der Waals surface area (Å²) in [5, 5.41) is 10.8. The van der Waals surface area contributed by atoms with Gasteiger partial charge in [0.1, 0.15) is 5.01 Å². The van der Waals surface area contributed by atoms with Gasteiger partial charge in [-0.25, -0.2) is 4.98 Å². The number of nitrogens with zero attached hydrogens (tertiary/aromatic N) is 3. The van der Waals surface area contributed by atoms with Crippen molar-refractivity contribution >= 4 is 11.3 Å². The van der Waals surface area contributed by atoms with Crippen LogP contribution in [-0.2, 0) is 13.6 Å². The van der Waals surface area contributed by atoms with Gasteiger partial charge < -0.3 is 5.32 Å². The third kappa shape index (κ3) is 2.68. The third-order valence-corrected chi connectivity index (χ3v) is 3.42. The highest BCUT2D eigenvalue weighted by molar-refractivity contribution is 7.09. The number of thiazole rings is 1. The molecule has 0 bridgehead atoms. The molecule has 2 rings (SSSR count). The predicted octanol–water partition coefficient (Wildman–Crippen LogP) is 2.04. The summed E-state index contributed by atoms with van der Waals surface area (Å²) in [6.45, 7) is 4.97. The Morgan fingerprint density at radius 2 is 2.38 bits per heavy atom. The fourth-order valence-electron chi connectivity index (χ4n) is 1.51. The zero-order valence-corrected chi connectivity index (χ0v) is 10.6. The Kier molecular flexibility index (Phi) is 3.36. The summed E-state index contributed by atoms with van der Waals surface area (Å²) < 4.78 is 1.82. The van der Waals surface area contributed by atoms with E-state index in [1.165, 1.54) is 5.56 Å². The number of aryl methyl sites for hydroxylation is 2. The summed E-state index contributed by atoms with van der Waals surface area (Å²) >= 11 is 1.70. The van der Waals surface area contributed by atoms with E-state index in [0.717, 1.165) is 17.2 Å². The van der Waals surface area contributed by atoms with Crippen molar-refractivity contribution < 1.29 is 0 Å². The summed E-state index contributed by atoms with van der Waals surface area (Å²) in [5.41, 5.74) is 2.30. The van der Waals surface area contributed by atoms with Crippen LogP contribution >= 0.6 is 11.3 Å². The van der Waals surface area contributed by atoms with Crippen molar-refractivity contribution in [3.05, 3.63) is 34.0 Å². The minimum absolute atomic E-state index is 0.304. The molecule has 0 radical (unpaired) electrons. The van der Waals surface area contributed by atoms with Gasteiger partial charge in [0.05, 0.1) is 6.20 Å². The molecule has 0 saturated heterocycles. The maximum absolute atomic E-state index is 4.42. The molecule has 0 aliphatic rings. The lowest BCUT2D eigenvalue weighted by molar-refractivity contribution is 0.572. The SMILES string of the molecule is Cc1csc(CNC(C)c2cnn(C)c2)n1. The average molecular weight is 236 g/mol. The topological polar surface area (TPSA) is 42.7 Å². The van der Waals surface area contributed by atoms with Crippen molar-refractivity contribution in [3.8, 4) is 0 Å². The molecule has 2 aromatic heterocycles. The molecule has 5 heteroatoms. The Hall–Kier alpha value is -1.20. The Labute approximate surface area is 99.3 Å². The van der Waals surface area contributed by atoms with Crippen LogP contribution < -0.4 is 5.32 Å². The van der Waals surface area contributed by atoms with Crippen LogP contribution in [0.4, 0.5) is 0 Å². The largest absolute Gasteiger partial charge is 0.304 e. The molecule has 2 heterocycles. The van der Waals surface area contributed by atoms with Crippen LogP contribution in [-0.4, -0.2) is 14.8 Å². The van der Waals surface area contributed by atoms with Crippen LogP contribution in [0.1, 0.15) is 29.2 Å². The van der Waals surface area contributed by atoms with E-state index in [0.29, 0.717) is 6.04 Å². The van der Waals surface area contributed by atoms with E-state index in [4.69, 9.17) is 0 Å². The van der Waals surface area contributed by atoms with Gasteiger partial charge in [-0.3, -0.25) is 4.68 Å². The maximum Gasteiger partial charge on any atom is 0.107 e. The normalized spacial score (nSPS) is 12.9. The molecule has 1 atom stereocenters. The molecular formula is C11H16N4S. The zero-order chi connectivity index (χ0) is 11.5. The quantitative estimate of drug-likeness (QED) is 0.883. The first kappa shape index (κ1) is 11.3. The molecule has 0 saturated carbocycles. The van der Waals surface area contributed by atoms with E-state index in [2.05, 4.69) is 27.7 Å². The summed E-state index contributed by atoms with van der Waals surface area (Å²) in [4.78, 5) is 4.42. The summed E-state index contributed by atoms with van der Waals surface area (Å²) in [5.74, 6) is 0. The van der Waals surface area contributed by atoms with Crippen molar-refractivity contribution in [1.29, 1.82) is 0 Å². The van der Waals surface area contributed by atoms with E-state index in [1.54, 1.807) is 11.3 Å². The van der Waals surface area contributed by atoms with Crippen LogP contribution in [0.25, 0.3) is 0 Å². The van der Waals surface area contributed by atoms with Gasteiger partial charge in [0, 0.05) is 42.5 Å². The molecule has 0 aliphatic heterocycles. The van der Waals surface area contributed by atoms with Gasteiger partial charge in [-0.2, -0.15) is 5.10 Å². The van der Waals surface area contributed by atoms with E-state index in [-0.39, 0.29) is 0 Å². The fourth-order valence-corrected chi connectivity index (χ4v) is 2.23. The molecule has 1 unspecified atom stereocenters. The minimum Gasteiger partial charge on any atom is -0.304 e. The van der Waals surface area contributed by atoms with Crippen molar-refractivity contribution in [1.82, 2.24) is 20.1 Å². The highest BCUT2D eigenvalue weighted by atomic mass is 32.1. The molecule has 2 aromatic rings. The van der Waals surface area contributed by atoms with Crippen molar-refractivity contribution in [2.75, 3.05) is 0 Å². The van der Waals surface area contributed by atoms with Crippen LogP contribution in [0.5, 0.6) is 0 Å². The number of rotatable bonds is 4. The summed E-state index contributed by atoms with van der Waals surface area (Å²) in [6, 6.07) is 0.304. The lowest BCUT2D eigenvalue weighted by atomic mass is 10.2. The van der Waals surface area contributed by atoms with E-state index >= 15 is 0 Å². The maximum atomic E-state index is 4.42. The van der Waals surface area contributed by atoms with Crippen molar-refractivity contribution in [2.45, 2.75) is 26.4 Å². The number of hydrogen-bond donors (Lipinski definition) is 1. The second kappa shape index (κ2) is 4.76. The zero-order valence-electron chi connectivity index (χ0n) is 9.77. The average Bonchev–Trinajstić information content (AvgIpc) is 2.84. The second-order valence-corrected chi connectivity index (χ2v) is 4.88. The molecule has 86 valence electrons. The van der Waals surface area contributed by atoms with Gasteiger partial charge in [0.15, 0.2) is 0 Å². The Bertz CT molecular complexity index is 460. The van der Waals surface area contributed by atoms with Crippen LogP contribution in [0.3, 0.4) is 0 Å². The standard InChI is InChI=1S/C11H16N4S/c1-8-7-16-11(14-8)5-12-9(2)10-4-13-15(3)6-10/h4,6-7,9,12H,5H2,1-3H3. The Balaban J connectivity index is 1.91. The van der Waals surface area contributed by atoms with E-state index in [1.807, 2.05) is 31.0 Å². The van der Waals surface area contributed by atoms with Gasteiger partial charge in [0.25, 0.3) is 0 Å². The smallest absolute Gasteiger partial charge is 0.107 e. The fraction of sp³-hybridized carbons (Fsp3) is 0.455. The molecule has 0 aliphatic carbocycles. The monoisotopic (exact) mass is 236 g/mol. The second-order valence-electron chi connectivity index (χ2n) is 3.93. The van der Waals surface area contributed by atoms with Crippen LogP contribution in [0.15, 0.2) is 17.8 Å².